The number of esters is 1. The van der Waals surface area contributed by atoms with E-state index in [4.69, 9.17) is 16.3 Å². The van der Waals surface area contributed by atoms with Gasteiger partial charge in [-0.3, -0.25) is 5.32 Å². The van der Waals surface area contributed by atoms with E-state index in [1.54, 1.807) is 19.9 Å². The molecule has 0 amide bonds. The second-order valence-corrected chi connectivity index (χ2v) is 6.01. The molecule has 21 heavy (non-hydrogen) atoms. The highest BCUT2D eigenvalue weighted by Gasteiger charge is 2.39. The number of halogens is 2. The minimum atomic E-state index is -1.01. The highest BCUT2D eigenvalue weighted by Crippen LogP contribution is 2.30. The van der Waals surface area contributed by atoms with E-state index in [1.165, 1.54) is 12.1 Å². The average molecular weight is 314 g/mol. The van der Waals surface area contributed by atoms with Crippen molar-refractivity contribution in [2.24, 2.45) is 0 Å². The Bertz CT molecular complexity index is 517. The third-order valence-electron chi connectivity index (χ3n) is 4.03. The van der Waals surface area contributed by atoms with Gasteiger partial charge in [0, 0.05) is 6.04 Å². The smallest absolute Gasteiger partial charge is 0.330 e. The van der Waals surface area contributed by atoms with Crippen molar-refractivity contribution in [2.75, 3.05) is 6.61 Å². The molecule has 0 heterocycles. The second-order valence-electron chi connectivity index (χ2n) is 5.60. The van der Waals surface area contributed by atoms with Gasteiger partial charge in [0.15, 0.2) is 0 Å². The molecule has 1 aromatic rings. The third-order valence-corrected chi connectivity index (χ3v) is 4.32. The maximum atomic E-state index is 13.4. The zero-order valence-corrected chi connectivity index (χ0v) is 13.2. The number of hydrogen-bond acceptors (Lipinski definition) is 3. The van der Waals surface area contributed by atoms with E-state index >= 15 is 0 Å². The number of benzene rings is 1. The molecular formula is C16H21ClFNO2. The Hall–Kier alpha value is -1.13. The zero-order valence-electron chi connectivity index (χ0n) is 12.4. The monoisotopic (exact) mass is 313 g/mol. The molecule has 1 aromatic carbocycles. The molecule has 0 bridgehead atoms. The summed E-state index contributed by atoms with van der Waals surface area (Å²) >= 11 is 5.86. The van der Waals surface area contributed by atoms with Crippen LogP contribution in [-0.2, 0) is 15.1 Å². The molecule has 0 saturated heterocycles. The number of rotatable bonds is 5. The lowest BCUT2D eigenvalue weighted by Gasteiger charge is -2.32. The van der Waals surface area contributed by atoms with Crippen molar-refractivity contribution in [2.45, 2.75) is 51.1 Å². The summed E-state index contributed by atoms with van der Waals surface area (Å²) < 4.78 is 18.6. The van der Waals surface area contributed by atoms with Gasteiger partial charge in [0.25, 0.3) is 0 Å². The first-order chi connectivity index (χ1) is 9.97. The number of nitrogens with one attached hydrogen (secondary N) is 1. The zero-order chi connectivity index (χ0) is 15.5. The van der Waals surface area contributed by atoms with Crippen molar-refractivity contribution in [3.63, 3.8) is 0 Å². The van der Waals surface area contributed by atoms with E-state index in [1.807, 2.05) is 0 Å². The summed E-state index contributed by atoms with van der Waals surface area (Å²) in [6.45, 7) is 3.84. The molecule has 1 aliphatic carbocycles. The van der Waals surface area contributed by atoms with Gasteiger partial charge in [-0.25, -0.2) is 9.18 Å². The van der Waals surface area contributed by atoms with Crippen molar-refractivity contribution < 1.29 is 13.9 Å². The van der Waals surface area contributed by atoms with E-state index < -0.39 is 11.4 Å². The topological polar surface area (TPSA) is 38.3 Å². The minimum absolute atomic E-state index is 0.0104. The molecule has 1 N–H and O–H groups in total. The van der Waals surface area contributed by atoms with Gasteiger partial charge in [0.05, 0.1) is 11.6 Å². The molecule has 0 aliphatic heterocycles. The van der Waals surface area contributed by atoms with Gasteiger partial charge < -0.3 is 4.74 Å². The van der Waals surface area contributed by atoms with Crippen LogP contribution in [0.1, 0.15) is 45.1 Å². The summed E-state index contributed by atoms with van der Waals surface area (Å²) in [4.78, 5) is 12.4. The molecule has 116 valence electrons. The summed E-state index contributed by atoms with van der Waals surface area (Å²) in [5.74, 6) is -0.855. The van der Waals surface area contributed by atoms with Crippen molar-refractivity contribution in [3.8, 4) is 0 Å². The first kappa shape index (κ1) is 16.2. The molecule has 1 atom stereocenters. The maximum absolute atomic E-state index is 13.4. The van der Waals surface area contributed by atoms with E-state index in [0.29, 0.717) is 12.2 Å². The summed E-state index contributed by atoms with van der Waals surface area (Å²) in [6.07, 6.45) is 4.37. The van der Waals surface area contributed by atoms with Crippen LogP contribution in [0.3, 0.4) is 0 Å². The Morgan fingerprint density at radius 1 is 1.48 bits per heavy atom. The number of ether oxygens (including phenoxy) is 1. The molecule has 0 radical (unpaired) electrons. The van der Waals surface area contributed by atoms with Gasteiger partial charge in [-0.05, 0) is 44.4 Å². The Balaban J connectivity index is 2.33. The molecule has 1 unspecified atom stereocenters. The van der Waals surface area contributed by atoms with Crippen LogP contribution >= 0.6 is 11.6 Å². The molecule has 3 nitrogen and oxygen atoms in total. The average Bonchev–Trinajstić information content (AvgIpc) is 2.94. The molecule has 1 aliphatic rings. The Morgan fingerprint density at radius 3 is 2.71 bits per heavy atom. The van der Waals surface area contributed by atoms with Crippen LogP contribution in [0.2, 0.25) is 5.02 Å². The molecule has 0 aromatic heterocycles. The molecule has 1 saturated carbocycles. The van der Waals surface area contributed by atoms with E-state index in [0.717, 1.165) is 25.7 Å². The fourth-order valence-electron chi connectivity index (χ4n) is 2.82. The Labute approximate surface area is 129 Å². The van der Waals surface area contributed by atoms with Gasteiger partial charge >= 0.3 is 5.97 Å². The summed E-state index contributed by atoms with van der Waals surface area (Å²) in [7, 11) is 0. The third kappa shape index (κ3) is 3.55. The molecule has 5 heteroatoms. The normalized spacial score (nSPS) is 18.5. The van der Waals surface area contributed by atoms with Crippen molar-refractivity contribution >= 4 is 17.6 Å². The van der Waals surface area contributed by atoms with Crippen LogP contribution in [0, 0.1) is 5.82 Å². The number of carbonyl (C=O) groups excluding carboxylic acids is 1. The van der Waals surface area contributed by atoms with Gasteiger partial charge in [-0.2, -0.15) is 0 Å². The SMILES string of the molecule is CCOC(=O)C(C)(NC1CCCC1)c1ccc(F)c(Cl)c1. The second kappa shape index (κ2) is 6.75. The van der Waals surface area contributed by atoms with Crippen LogP contribution in [0.4, 0.5) is 4.39 Å². The van der Waals surface area contributed by atoms with Gasteiger partial charge in [0.2, 0.25) is 0 Å². The Kier molecular flexibility index (Phi) is 5.22. The van der Waals surface area contributed by atoms with Crippen LogP contribution < -0.4 is 5.32 Å². The highest BCUT2D eigenvalue weighted by atomic mass is 35.5. The van der Waals surface area contributed by atoms with E-state index in [9.17, 15) is 9.18 Å². The summed E-state index contributed by atoms with van der Waals surface area (Å²) in [5, 5.41) is 3.39. The van der Waals surface area contributed by atoms with Crippen molar-refractivity contribution in [3.05, 3.63) is 34.6 Å². The van der Waals surface area contributed by atoms with Crippen LogP contribution in [0.5, 0.6) is 0 Å². The van der Waals surface area contributed by atoms with Crippen LogP contribution in [0.25, 0.3) is 0 Å². The van der Waals surface area contributed by atoms with Gasteiger partial charge in [-0.1, -0.05) is 30.5 Å². The largest absolute Gasteiger partial charge is 0.464 e. The first-order valence-electron chi connectivity index (χ1n) is 7.38. The minimum Gasteiger partial charge on any atom is -0.464 e. The van der Waals surface area contributed by atoms with E-state index in [-0.39, 0.29) is 17.0 Å². The van der Waals surface area contributed by atoms with Gasteiger partial charge in [0.1, 0.15) is 11.4 Å². The molecule has 1 fully saturated rings. The predicted molar refractivity (Wildman–Crippen MR) is 80.8 cm³/mol. The van der Waals surface area contributed by atoms with E-state index in [2.05, 4.69) is 5.32 Å². The lowest BCUT2D eigenvalue weighted by Crippen LogP contribution is -2.51. The lowest BCUT2D eigenvalue weighted by atomic mass is 9.90. The summed E-state index contributed by atoms with van der Waals surface area (Å²) in [5.41, 5.74) is -0.387. The fourth-order valence-corrected chi connectivity index (χ4v) is 3.00. The molecule has 2 rings (SSSR count). The van der Waals surface area contributed by atoms with Crippen molar-refractivity contribution in [1.82, 2.24) is 5.32 Å². The molecule has 0 spiro atoms. The standard InChI is InChI=1S/C16H21ClFNO2/c1-3-21-15(20)16(2,19-12-6-4-5-7-12)11-8-9-14(18)13(17)10-11/h8-10,12,19H,3-7H2,1-2H3. The summed E-state index contributed by atoms with van der Waals surface area (Å²) in [6, 6.07) is 4.63. The van der Waals surface area contributed by atoms with Crippen LogP contribution in [-0.4, -0.2) is 18.6 Å². The highest BCUT2D eigenvalue weighted by molar-refractivity contribution is 6.30. The predicted octanol–water partition coefficient (Wildman–Crippen LogP) is 3.79. The molecular weight excluding hydrogens is 293 g/mol. The first-order valence-corrected chi connectivity index (χ1v) is 7.75. The number of carbonyl (C=O) groups is 1. The number of hydrogen-bond donors (Lipinski definition) is 1. The van der Waals surface area contributed by atoms with Crippen LogP contribution in [0.15, 0.2) is 18.2 Å². The Morgan fingerprint density at radius 2 is 2.14 bits per heavy atom. The maximum Gasteiger partial charge on any atom is 0.330 e. The quantitative estimate of drug-likeness (QED) is 0.841. The van der Waals surface area contributed by atoms with Gasteiger partial charge in [-0.15, -0.1) is 0 Å². The van der Waals surface area contributed by atoms with Crippen molar-refractivity contribution in [1.29, 1.82) is 0 Å². The lowest BCUT2D eigenvalue weighted by molar-refractivity contribution is -0.151. The fraction of sp³-hybridized carbons (Fsp3) is 0.562.